The molecule has 0 bridgehead atoms. The van der Waals surface area contributed by atoms with Gasteiger partial charge in [0.15, 0.2) is 0 Å². The summed E-state index contributed by atoms with van der Waals surface area (Å²) in [5.74, 6) is 0.496. The number of anilines is 1. The Bertz CT molecular complexity index is 461. The molecule has 4 nitrogen and oxygen atoms in total. The normalized spacial score (nSPS) is 12.1. The molecule has 0 aliphatic carbocycles. The summed E-state index contributed by atoms with van der Waals surface area (Å²) >= 11 is 3.27. The van der Waals surface area contributed by atoms with Crippen molar-refractivity contribution < 1.29 is 5.11 Å². The van der Waals surface area contributed by atoms with Gasteiger partial charge in [-0.3, -0.25) is 0 Å². The fourth-order valence-corrected chi connectivity index (χ4v) is 1.67. The van der Waals surface area contributed by atoms with Gasteiger partial charge in [-0.05, 0) is 21.5 Å². The maximum Gasteiger partial charge on any atom is 0.223 e. The average molecular weight is 294 g/mol. The molecule has 2 rings (SSSR count). The van der Waals surface area contributed by atoms with E-state index in [2.05, 4.69) is 31.2 Å². The Morgan fingerprint density at radius 3 is 2.41 bits per heavy atom. The number of benzene rings is 1. The van der Waals surface area contributed by atoms with Crippen molar-refractivity contribution in [2.75, 3.05) is 11.9 Å². The van der Waals surface area contributed by atoms with Crippen LogP contribution in [0.1, 0.15) is 11.6 Å². The lowest BCUT2D eigenvalue weighted by Gasteiger charge is -2.16. The Morgan fingerprint density at radius 1 is 1.18 bits per heavy atom. The summed E-state index contributed by atoms with van der Waals surface area (Å²) in [7, 11) is 0. The van der Waals surface area contributed by atoms with E-state index in [0.717, 1.165) is 10.0 Å². The van der Waals surface area contributed by atoms with Crippen LogP contribution in [0.2, 0.25) is 0 Å². The molecule has 1 aromatic carbocycles. The molecular formula is C12H12BrN3O. The molecule has 0 spiro atoms. The van der Waals surface area contributed by atoms with E-state index in [-0.39, 0.29) is 12.6 Å². The highest BCUT2D eigenvalue weighted by atomic mass is 79.9. The van der Waals surface area contributed by atoms with Crippen molar-refractivity contribution in [1.29, 1.82) is 0 Å². The van der Waals surface area contributed by atoms with Crippen LogP contribution in [0.4, 0.5) is 5.95 Å². The van der Waals surface area contributed by atoms with Crippen LogP contribution in [0, 0.1) is 0 Å². The van der Waals surface area contributed by atoms with Crippen molar-refractivity contribution in [1.82, 2.24) is 9.97 Å². The Morgan fingerprint density at radius 2 is 1.82 bits per heavy atom. The molecule has 1 heterocycles. The molecule has 0 radical (unpaired) electrons. The van der Waals surface area contributed by atoms with Gasteiger partial charge in [-0.25, -0.2) is 9.97 Å². The van der Waals surface area contributed by atoms with E-state index in [4.69, 9.17) is 0 Å². The van der Waals surface area contributed by atoms with Crippen molar-refractivity contribution in [2.24, 2.45) is 0 Å². The monoisotopic (exact) mass is 293 g/mol. The van der Waals surface area contributed by atoms with Crippen LogP contribution >= 0.6 is 15.9 Å². The summed E-state index contributed by atoms with van der Waals surface area (Å²) in [5.41, 5.74) is 1.00. The molecule has 0 saturated heterocycles. The highest BCUT2D eigenvalue weighted by molar-refractivity contribution is 9.10. The highest BCUT2D eigenvalue weighted by Gasteiger charge is 2.10. The van der Waals surface area contributed by atoms with Crippen LogP contribution in [-0.4, -0.2) is 21.7 Å². The Kier molecular flexibility index (Phi) is 4.06. The van der Waals surface area contributed by atoms with Crippen LogP contribution < -0.4 is 5.32 Å². The van der Waals surface area contributed by atoms with Crippen LogP contribution in [0.3, 0.4) is 0 Å². The summed E-state index contributed by atoms with van der Waals surface area (Å²) in [4.78, 5) is 8.22. The lowest BCUT2D eigenvalue weighted by atomic mass is 10.1. The third-order valence-corrected chi connectivity index (χ3v) is 2.72. The summed E-state index contributed by atoms with van der Waals surface area (Å²) in [6.07, 6.45) is 3.32. The molecule has 88 valence electrons. The number of hydrogen-bond donors (Lipinski definition) is 2. The molecule has 2 aromatic rings. The molecular weight excluding hydrogens is 282 g/mol. The minimum Gasteiger partial charge on any atom is -0.394 e. The lowest BCUT2D eigenvalue weighted by Crippen LogP contribution is -2.16. The van der Waals surface area contributed by atoms with Gasteiger partial charge in [0.1, 0.15) is 0 Å². The first-order valence-corrected chi connectivity index (χ1v) is 5.99. The lowest BCUT2D eigenvalue weighted by molar-refractivity contribution is 0.276. The van der Waals surface area contributed by atoms with E-state index in [9.17, 15) is 5.11 Å². The predicted octanol–water partition coefficient (Wildman–Crippen LogP) is 2.38. The molecule has 0 aliphatic rings. The van der Waals surface area contributed by atoms with Crippen LogP contribution in [0.15, 0.2) is 47.2 Å². The minimum absolute atomic E-state index is 0.0105. The van der Waals surface area contributed by atoms with Gasteiger partial charge in [0.25, 0.3) is 0 Å². The van der Waals surface area contributed by atoms with E-state index >= 15 is 0 Å². The predicted molar refractivity (Wildman–Crippen MR) is 69.6 cm³/mol. The van der Waals surface area contributed by atoms with Gasteiger partial charge < -0.3 is 10.4 Å². The second kappa shape index (κ2) is 5.75. The fraction of sp³-hybridized carbons (Fsp3) is 0.167. The first kappa shape index (κ1) is 12.0. The zero-order valence-corrected chi connectivity index (χ0v) is 10.6. The maximum absolute atomic E-state index is 9.37. The van der Waals surface area contributed by atoms with Crippen molar-refractivity contribution in [3.8, 4) is 0 Å². The van der Waals surface area contributed by atoms with E-state index in [1.165, 1.54) is 0 Å². The van der Waals surface area contributed by atoms with Crippen LogP contribution in [0.25, 0.3) is 0 Å². The van der Waals surface area contributed by atoms with E-state index in [1.807, 2.05) is 30.3 Å². The molecule has 1 atom stereocenters. The van der Waals surface area contributed by atoms with Crippen molar-refractivity contribution in [3.05, 3.63) is 52.8 Å². The van der Waals surface area contributed by atoms with Gasteiger partial charge in [0.2, 0.25) is 5.95 Å². The average Bonchev–Trinajstić information content (AvgIpc) is 2.39. The summed E-state index contributed by atoms with van der Waals surface area (Å²) in [6.45, 7) is -0.0105. The van der Waals surface area contributed by atoms with E-state index in [0.29, 0.717) is 5.95 Å². The number of hydrogen-bond acceptors (Lipinski definition) is 4. The second-order valence-electron chi connectivity index (χ2n) is 3.52. The van der Waals surface area contributed by atoms with Crippen molar-refractivity contribution in [3.63, 3.8) is 0 Å². The van der Waals surface area contributed by atoms with Crippen LogP contribution in [-0.2, 0) is 0 Å². The quantitative estimate of drug-likeness (QED) is 0.909. The summed E-state index contributed by atoms with van der Waals surface area (Å²) in [5, 5.41) is 12.4. The van der Waals surface area contributed by atoms with Crippen molar-refractivity contribution >= 4 is 21.9 Å². The molecule has 0 unspecified atom stereocenters. The molecule has 0 fully saturated rings. The maximum atomic E-state index is 9.37. The Labute approximate surface area is 108 Å². The van der Waals surface area contributed by atoms with Gasteiger partial charge in [0, 0.05) is 12.4 Å². The molecule has 5 heteroatoms. The highest BCUT2D eigenvalue weighted by Crippen LogP contribution is 2.16. The Hall–Kier alpha value is -1.46. The Balaban J connectivity index is 2.13. The number of aliphatic hydroxyl groups is 1. The fourth-order valence-electron chi connectivity index (χ4n) is 1.46. The second-order valence-corrected chi connectivity index (χ2v) is 4.43. The first-order valence-electron chi connectivity index (χ1n) is 5.19. The number of nitrogens with zero attached hydrogens (tertiary/aromatic N) is 2. The van der Waals surface area contributed by atoms with Crippen LogP contribution in [0.5, 0.6) is 0 Å². The van der Waals surface area contributed by atoms with Crippen molar-refractivity contribution in [2.45, 2.75) is 6.04 Å². The molecule has 17 heavy (non-hydrogen) atoms. The van der Waals surface area contributed by atoms with E-state index in [1.54, 1.807) is 12.4 Å². The number of halogens is 1. The number of rotatable bonds is 4. The molecule has 0 saturated carbocycles. The number of nitrogens with one attached hydrogen (secondary N) is 1. The van der Waals surface area contributed by atoms with Gasteiger partial charge in [-0.2, -0.15) is 0 Å². The third kappa shape index (κ3) is 3.25. The van der Waals surface area contributed by atoms with Gasteiger partial charge in [-0.15, -0.1) is 0 Å². The number of aromatic nitrogens is 2. The molecule has 1 aromatic heterocycles. The smallest absolute Gasteiger partial charge is 0.223 e. The molecule has 2 N–H and O–H groups in total. The summed E-state index contributed by atoms with van der Waals surface area (Å²) < 4.78 is 0.823. The van der Waals surface area contributed by atoms with Gasteiger partial charge in [0.05, 0.1) is 17.1 Å². The largest absolute Gasteiger partial charge is 0.394 e. The van der Waals surface area contributed by atoms with E-state index < -0.39 is 0 Å². The summed E-state index contributed by atoms with van der Waals surface area (Å²) in [6, 6.07) is 9.51. The molecule has 0 amide bonds. The first-order chi connectivity index (χ1) is 8.29. The minimum atomic E-state index is -0.197. The third-order valence-electron chi connectivity index (χ3n) is 2.31. The number of aliphatic hydroxyl groups excluding tert-OH is 1. The topological polar surface area (TPSA) is 58.0 Å². The zero-order chi connectivity index (χ0) is 12.1. The zero-order valence-electron chi connectivity index (χ0n) is 9.05. The van der Waals surface area contributed by atoms with Gasteiger partial charge in [-0.1, -0.05) is 30.3 Å². The standard InChI is InChI=1S/C12H12BrN3O/c13-10-6-14-12(15-7-10)16-11(8-17)9-4-2-1-3-5-9/h1-7,11,17H,8H2,(H,14,15,16)/t11-/m1/s1. The van der Waals surface area contributed by atoms with Gasteiger partial charge >= 0.3 is 0 Å². The molecule has 0 aliphatic heterocycles. The SMILES string of the molecule is OC[C@@H](Nc1ncc(Br)cn1)c1ccccc1.